The van der Waals surface area contributed by atoms with Crippen LogP contribution >= 0.6 is 0 Å². The Bertz CT molecular complexity index is 640. The van der Waals surface area contributed by atoms with Crippen LogP contribution in [0.1, 0.15) is 15.9 Å². The van der Waals surface area contributed by atoms with E-state index in [2.05, 4.69) is 4.98 Å². The number of pyridine rings is 1. The zero-order valence-electron chi connectivity index (χ0n) is 9.91. The second-order valence-electron chi connectivity index (χ2n) is 3.85. The predicted octanol–water partition coefficient (Wildman–Crippen LogP) is 3.49. The van der Waals surface area contributed by atoms with Gasteiger partial charge in [-0.3, -0.25) is 9.78 Å². The van der Waals surface area contributed by atoms with Crippen molar-refractivity contribution in [3.8, 4) is 0 Å². The van der Waals surface area contributed by atoms with Gasteiger partial charge in [-0.15, -0.1) is 0 Å². The first-order valence-electron chi connectivity index (χ1n) is 5.46. The van der Waals surface area contributed by atoms with Crippen molar-refractivity contribution in [1.82, 2.24) is 4.98 Å². The van der Waals surface area contributed by atoms with E-state index in [9.17, 15) is 22.4 Å². The van der Waals surface area contributed by atoms with Gasteiger partial charge >= 0.3 is 6.18 Å². The van der Waals surface area contributed by atoms with E-state index in [-0.39, 0.29) is 5.56 Å². The van der Waals surface area contributed by atoms with Crippen LogP contribution in [0.4, 0.5) is 23.2 Å². The van der Waals surface area contributed by atoms with Gasteiger partial charge < -0.3 is 5.32 Å². The molecule has 1 aromatic heterocycles. The number of carbonyl (C=O) groups is 1. The van der Waals surface area contributed by atoms with Crippen LogP contribution in [0, 0.1) is 5.82 Å². The Hall–Kier alpha value is -2.44. The molecule has 1 N–H and O–H groups in total. The summed E-state index contributed by atoms with van der Waals surface area (Å²) in [6, 6.07) is 5.55. The number of para-hydroxylation sites is 1. The van der Waals surface area contributed by atoms with E-state index in [0.717, 1.165) is 24.4 Å². The lowest BCUT2D eigenvalue weighted by molar-refractivity contribution is -0.136. The molecular formula is C13H8F4N2O. The molecule has 0 bridgehead atoms. The first-order valence-corrected chi connectivity index (χ1v) is 5.46. The van der Waals surface area contributed by atoms with Gasteiger partial charge in [0.25, 0.3) is 5.91 Å². The molecular weight excluding hydrogens is 276 g/mol. The monoisotopic (exact) mass is 284 g/mol. The van der Waals surface area contributed by atoms with Gasteiger partial charge in [-0.2, -0.15) is 13.2 Å². The number of nitrogens with zero attached hydrogens (tertiary/aromatic N) is 1. The summed E-state index contributed by atoms with van der Waals surface area (Å²) in [4.78, 5) is 15.2. The molecule has 1 amide bonds. The van der Waals surface area contributed by atoms with Crippen molar-refractivity contribution in [2.45, 2.75) is 6.18 Å². The van der Waals surface area contributed by atoms with Crippen LogP contribution in [0.25, 0.3) is 0 Å². The average molecular weight is 284 g/mol. The average Bonchev–Trinajstić information content (AvgIpc) is 2.38. The van der Waals surface area contributed by atoms with E-state index < -0.39 is 29.2 Å². The van der Waals surface area contributed by atoms with Gasteiger partial charge in [0.1, 0.15) is 0 Å². The minimum absolute atomic E-state index is 0.378. The van der Waals surface area contributed by atoms with E-state index >= 15 is 0 Å². The maximum absolute atomic E-state index is 13.3. The summed E-state index contributed by atoms with van der Waals surface area (Å²) >= 11 is 0. The van der Waals surface area contributed by atoms with Crippen LogP contribution < -0.4 is 5.32 Å². The number of carbonyl (C=O) groups excluding carboxylic acids is 1. The van der Waals surface area contributed by atoms with Crippen LogP contribution in [0.3, 0.4) is 0 Å². The van der Waals surface area contributed by atoms with Crippen molar-refractivity contribution < 1.29 is 22.4 Å². The Balaban J connectivity index is 2.32. The lowest BCUT2D eigenvalue weighted by Gasteiger charge is -2.13. The predicted molar refractivity (Wildman–Crippen MR) is 63.6 cm³/mol. The summed E-state index contributed by atoms with van der Waals surface area (Å²) in [5.41, 5.74) is -1.80. The molecule has 2 aromatic rings. The number of benzene rings is 1. The number of amides is 1. The van der Waals surface area contributed by atoms with Crippen molar-refractivity contribution >= 4 is 11.6 Å². The molecule has 0 saturated heterocycles. The Morgan fingerprint density at radius 3 is 2.50 bits per heavy atom. The molecule has 0 radical (unpaired) electrons. The van der Waals surface area contributed by atoms with Gasteiger partial charge in [0.2, 0.25) is 0 Å². The summed E-state index contributed by atoms with van der Waals surface area (Å²) in [6.45, 7) is 0. The van der Waals surface area contributed by atoms with Gasteiger partial charge in [0.15, 0.2) is 5.82 Å². The number of hydrogen-bond donors (Lipinski definition) is 1. The summed E-state index contributed by atoms with van der Waals surface area (Å²) in [5.74, 6) is -1.88. The quantitative estimate of drug-likeness (QED) is 0.858. The fourth-order valence-electron chi connectivity index (χ4n) is 1.59. The van der Waals surface area contributed by atoms with Crippen molar-refractivity contribution in [3.63, 3.8) is 0 Å². The molecule has 3 nitrogen and oxygen atoms in total. The Morgan fingerprint density at radius 2 is 1.85 bits per heavy atom. The number of halogens is 4. The number of hydrogen-bond acceptors (Lipinski definition) is 2. The summed E-state index contributed by atoms with van der Waals surface area (Å²) < 4.78 is 51.6. The zero-order chi connectivity index (χ0) is 14.8. The van der Waals surface area contributed by atoms with Gasteiger partial charge in [0.05, 0.1) is 23.0 Å². The third kappa shape index (κ3) is 2.93. The van der Waals surface area contributed by atoms with E-state index in [1.807, 2.05) is 5.32 Å². The Labute approximate surface area is 111 Å². The highest BCUT2D eigenvalue weighted by Gasteiger charge is 2.33. The van der Waals surface area contributed by atoms with Crippen molar-refractivity contribution in [2.24, 2.45) is 0 Å². The smallest absolute Gasteiger partial charge is 0.321 e. The maximum Gasteiger partial charge on any atom is 0.418 e. The van der Waals surface area contributed by atoms with Crippen LogP contribution in [0.15, 0.2) is 42.7 Å². The van der Waals surface area contributed by atoms with Gasteiger partial charge in [-0.1, -0.05) is 12.1 Å². The summed E-state index contributed by atoms with van der Waals surface area (Å²) in [5, 5.41) is 2.05. The molecule has 0 unspecified atom stereocenters. The SMILES string of the molecule is O=C(Nc1ccccc1C(F)(F)F)c1ccncc1F. The molecule has 2 rings (SSSR count). The summed E-state index contributed by atoms with van der Waals surface area (Å²) in [6.07, 6.45) is -2.63. The molecule has 0 spiro atoms. The third-order valence-electron chi connectivity index (χ3n) is 2.50. The number of nitrogens with one attached hydrogen (secondary N) is 1. The highest BCUT2D eigenvalue weighted by molar-refractivity contribution is 6.04. The van der Waals surface area contributed by atoms with E-state index in [4.69, 9.17) is 0 Å². The van der Waals surface area contributed by atoms with Crippen molar-refractivity contribution in [3.05, 3.63) is 59.7 Å². The molecule has 7 heteroatoms. The Morgan fingerprint density at radius 1 is 1.15 bits per heavy atom. The number of aromatic nitrogens is 1. The molecule has 0 fully saturated rings. The molecule has 0 atom stereocenters. The van der Waals surface area contributed by atoms with Crippen LogP contribution in [-0.4, -0.2) is 10.9 Å². The minimum Gasteiger partial charge on any atom is -0.321 e. The van der Waals surface area contributed by atoms with Crippen LogP contribution in [0.2, 0.25) is 0 Å². The Kier molecular flexibility index (Phi) is 3.69. The van der Waals surface area contributed by atoms with Gasteiger partial charge in [-0.25, -0.2) is 4.39 Å². The lowest BCUT2D eigenvalue weighted by atomic mass is 10.1. The van der Waals surface area contributed by atoms with Crippen molar-refractivity contribution in [2.75, 3.05) is 5.32 Å². The highest BCUT2D eigenvalue weighted by Crippen LogP contribution is 2.34. The third-order valence-corrected chi connectivity index (χ3v) is 2.50. The molecule has 1 heterocycles. The number of rotatable bonds is 2. The van der Waals surface area contributed by atoms with Crippen LogP contribution in [-0.2, 0) is 6.18 Å². The minimum atomic E-state index is -4.61. The first-order chi connectivity index (χ1) is 9.39. The van der Waals surface area contributed by atoms with Crippen LogP contribution in [0.5, 0.6) is 0 Å². The molecule has 20 heavy (non-hydrogen) atoms. The number of anilines is 1. The molecule has 0 aliphatic heterocycles. The fourth-order valence-corrected chi connectivity index (χ4v) is 1.59. The fraction of sp³-hybridized carbons (Fsp3) is 0.0769. The highest BCUT2D eigenvalue weighted by atomic mass is 19.4. The molecule has 0 aliphatic rings. The first kappa shape index (κ1) is 14.0. The molecule has 104 valence electrons. The normalized spacial score (nSPS) is 11.2. The molecule has 0 saturated carbocycles. The van der Waals surface area contributed by atoms with Gasteiger partial charge in [-0.05, 0) is 18.2 Å². The lowest BCUT2D eigenvalue weighted by Crippen LogP contribution is -2.17. The van der Waals surface area contributed by atoms with E-state index in [1.165, 1.54) is 18.3 Å². The topological polar surface area (TPSA) is 42.0 Å². The molecule has 1 aromatic carbocycles. The largest absolute Gasteiger partial charge is 0.418 e. The molecule has 0 aliphatic carbocycles. The summed E-state index contributed by atoms with van der Waals surface area (Å²) in [7, 11) is 0. The standard InChI is InChI=1S/C13H8F4N2O/c14-10-7-18-6-5-8(10)12(20)19-11-4-2-1-3-9(11)13(15,16)17/h1-7H,(H,19,20). The van der Waals surface area contributed by atoms with Crippen molar-refractivity contribution in [1.29, 1.82) is 0 Å². The zero-order valence-corrected chi connectivity index (χ0v) is 9.91. The number of alkyl halides is 3. The second kappa shape index (κ2) is 5.28. The van der Waals surface area contributed by atoms with Gasteiger partial charge in [0, 0.05) is 6.20 Å². The second-order valence-corrected chi connectivity index (χ2v) is 3.85. The maximum atomic E-state index is 13.3. The van der Waals surface area contributed by atoms with E-state index in [0.29, 0.717) is 0 Å². The van der Waals surface area contributed by atoms with E-state index in [1.54, 1.807) is 0 Å².